The van der Waals surface area contributed by atoms with E-state index in [0.717, 1.165) is 16.6 Å². The van der Waals surface area contributed by atoms with Gasteiger partial charge in [0.1, 0.15) is 5.75 Å². The van der Waals surface area contributed by atoms with E-state index in [0.29, 0.717) is 11.3 Å². The van der Waals surface area contributed by atoms with Crippen molar-refractivity contribution in [2.45, 2.75) is 6.92 Å². The monoisotopic (exact) mass is 231 g/mol. The molecule has 0 aliphatic carbocycles. The summed E-state index contributed by atoms with van der Waals surface area (Å²) >= 11 is 0. The molecule has 88 valence electrons. The number of hydrogen-bond donors (Lipinski definition) is 0. The molecular weight excluding hydrogens is 218 g/mol. The van der Waals surface area contributed by atoms with Gasteiger partial charge in [-0.2, -0.15) is 0 Å². The van der Waals surface area contributed by atoms with Crippen LogP contribution in [0, 0.1) is 6.92 Å². The van der Waals surface area contributed by atoms with Gasteiger partial charge in [-0.05, 0) is 25.1 Å². The smallest absolute Gasteiger partial charge is 0.338 e. The average Bonchev–Trinajstić information content (AvgIpc) is 2.35. The molecule has 4 nitrogen and oxygen atoms in total. The van der Waals surface area contributed by atoms with Crippen LogP contribution in [0.15, 0.2) is 24.3 Å². The highest BCUT2D eigenvalue weighted by molar-refractivity contribution is 6.03. The maximum absolute atomic E-state index is 11.7. The molecule has 2 rings (SSSR count). The number of carbonyl (C=O) groups excluding carboxylic acids is 1. The van der Waals surface area contributed by atoms with Gasteiger partial charge in [0, 0.05) is 17.1 Å². The van der Waals surface area contributed by atoms with E-state index in [1.165, 1.54) is 7.11 Å². The minimum absolute atomic E-state index is 0.356. The molecule has 0 radical (unpaired) electrons. The quantitative estimate of drug-likeness (QED) is 0.744. The second kappa shape index (κ2) is 4.41. The van der Waals surface area contributed by atoms with E-state index < -0.39 is 0 Å². The van der Waals surface area contributed by atoms with Crippen LogP contribution in [0.25, 0.3) is 10.9 Å². The third-order valence-electron chi connectivity index (χ3n) is 2.55. The molecule has 2 aromatic rings. The highest BCUT2D eigenvalue weighted by Crippen LogP contribution is 2.23. The van der Waals surface area contributed by atoms with Crippen molar-refractivity contribution < 1.29 is 14.3 Å². The molecule has 0 unspecified atom stereocenters. The Labute approximate surface area is 99.2 Å². The van der Waals surface area contributed by atoms with Crippen molar-refractivity contribution in [3.63, 3.8) is 0 Å². The maximum Gasteiger partial charge on any atom is 0.338 e. The molecule has 0 bridgehead atoms. The molecule has 0 saturated carbocycles. The molecule has 1 aromatic carbocycles. The second-order valence-corrected chi connectivity index (χ2v) is 3.69. The molecular formula is C13H13NO3. The van der Waals surface area contributed by atoms with Gasteiger partial charge in [-0.3, -0.25) is 4.98 Å². The minimum atomic E-state index is -0.356. The maximum atomic E-state index is 11.7. The molecule has 0 N–H and O–H groups in total. The molecule has 0 saturated heterocycles. The van der Waals surface area contributed by atoms with Gasteiger partial charge in [0.2, 0.25) is 0 Å². The topological polar surface area (TPSA) is 48.4 Å². The first-order valence-electron chi connectivity index (χ1n) is 5.19. The summed E-state index contributed by atoms with van der Waals surface area (Å²) in [4.78, 5) is 16.0. The SMILES string of the molecule is COC(=O)c1cc(C)nc2cc(OC)ccc12. The number of hydrogen-bond acceptors (Lipinski definition) is 4. The summed E-state index contributed by atoms with van der Waals surface area (Å²) in [6, 6.07) is 7.13. The third kappa shape index (κ3) is 2.06. The summed E-state index contributed by atoms with van der Waals surface area (Å²) in [5.74, 6) is 0.358. The lowest BCUT2D eigenvalue weighted by molar-refractivity contribution is 0.0603. The molecule has 0 atom stereocenters. The van der Waals surface area contributed by atoms with Gasteiger partial charge in [0.25, 0.3) is 0 Å². The molecule has 1 aromatic heterocycles. The van der Waals surface area contributed by atoms with Gasteiger partial charge in [0.15, 0.2) is 0 Å². The number of esters is 1. The standard InChI is InChI=1S/C13H13NO3/c1-8-6-11(13(15)17-3)10-5-4-9(16-2)7-12(10)14-8/h4-7H,1-3H3. The normalized spacial score (nSPS) is 10.3. The van der Waals surface area contributed by atoms with E-state index in [-0.39, 0.29) is 5.97 Å². The fraction of sp³-hybridized carbons (Fsp3) is 0.231. The van der Waals surface area contributed by atoms with Gasteiger partial charge in [-0.15, -0.1) is 0 Å². The lowest BCUT2D eigenvalue weighted by Crippen LogP contribution is -2.03. The van der Waals surface area contributed by atoms with Crippen LogP contribution in [0.4, 0.5) is 0 Å². The summed E-state index contributed by atoms with van der Waals surface area (Å²) < 4.78 is 9.89. The van der Waals surface area contributed by atoms with Crippen LogP contribution >= 0.6 is 0 Å². The van der Waals surface area contributed by atoms with E-state index in [1.807, 2.05) is 13.0 Å². The Bertz CT molecular complexity index is 578. The van der Waals surface area contributed by atoms with E-state index in [1.54, 1.807) is 25.3 Å². The van der Waals surface area contributed by atoms with Crippen molar-refractivity contribution in [2.75, 3.05) is 14.2 Å². The summed E-state index contributed by atoms with van der Waals surface area (Å²) in [6.45, 7) is 1.84. The predicted molar refractivity (Wildman–Crippen MR) is 64.4 cm³/mol. The number of rotatable bonds is 2. The molecule has 0 fully saturated rings. The lowest BCUT2D eigenvalue weighted by atomic mass is 10.1. The summed E-state index contributed by atoms with van der Waals surface area (Å²) in [5, 5.41) is 0.767. The van der Waals surface area contributed by atoms with Crippen molar-refractivity contribution in [1.82, 2.24) is 4.98 Å². The van der Waals surface area contributed by atoms with Gasteiger partial charge in [-0.1, -0.05) is 0 Å². The molecule has 0 aliphatic rings. The number of pyridine rings is 1. The second-order valence-electron chi connectivity index (χ2n) is 3.69. The van der Waals surface area contributed by atoms with Crippen molar-refractivity contribution in [3.05, 3.63) is 35.5 Å². The Balaban J connectivity index is 2.72. The van der Waals surface area contributed by atoms with E-state index in [4.69, 9.17) is 9.47 Å². The lowest BCUT2D eigenvalue weighted by Gasteiger charge is -2.07. The van der Waals surface area contributed by atoms with Crippen LogP contribution in [0.5, 0.6) is 5.75 Å². The number of carbonyl (C=O) groups is 1. The van der Waals surface area contributed by atoms with Crippen molar-refractivity contribution in [3.8, 4) is 5.75 Å². The van der Waals surface area contributed by atoms with Crippen LogP contribution in [0.2, 0.25) is 0 Å². The Hall–Kier alpha value is -2.10. The zero-order valence-electron chi connectivity index (χ0n) is 9.98. The molecule has 0 spiro atoms. The van der Waals surface area contributed by atoms with E-state index >= 15 is 0 Å². The largest absolute Gasteiger partial charge is 0.497 e. The Morgan fingerprint density at radius 1 is 1.24 bits per heavy atom. The van der Waals surface area contributed by atoms with Crippen molar-refractivity contribution in [1.29, 1.82) is 0 Å². The van der Waals surface area contributed by atoms with E-state index in [2.05, 4.69) is 4.98 Å². The van der Waals surface area contributed by atoms with Gasteiger partial charge in [-0.25, -0.2) is 4.79 Å². The molecule has 4 heteroatoms. The highest BCUT2D eigenvalue weighted by atomic mass is 16.5. The van der Waals surface area contributed by atoms with Crippen molar-refractivity contribution in [2.24, 2.45) is 0 Å². The van der Waals surface area contributed by atoms with Gasteiger partial charge < -0.3 is 9.47 Å². The highest BCUT2D eigenvalue weighted by Gasteiger charge is 2.12. The fourth-order valence-electron chi connectivity index (χ4n) is 1.75. The molecule has 0 aliphatic heterocycles. The number of ether oxygens (including phenoxy) is 2. The summed E-state index contributed by atoms with van der Waals surface area (Å²) in [5.41, 5.74) is 2.02. The zero-order valence-corrected chi connectivity index (χ0v) is 9.98. The first-order chi connectivity index (χ1) is 8.15. The van der Waals surface area contributed by atoms with E-state index in [9.17, 15) is 4.79 Å². The van der Waals surface area contributed by atoms with Gasteiger partial charge >= 0.3 is 5.97 Å². The number of benzene rings is 1. The summed E-state index contributed by atoms with van der Waals surface area (Å²) in [6.07, 6.45) is 0. The number of aromatic nitrogens is 1. The average molecular weight is 231 g/mol. The fourth-order valence-corrected chi connectivity index (χ4v) is 1.75. The number of methoxy groups -OCH3 is 2. The molecule has 1 heterocycles. The predicted octanol–water partition coefficient (Wildman–Crippen LogP) is 2.34. The Kier molecular flexibility index (Phi) is 2.95. The molecule has 17 heavy (non-hydrogen) atoms. The zero-order chi connectivity index (χ0) is 12.4. The van der Waals surface area contributed by atoms with Gasteiger partial charge in [0.05, 0.1) is 25.3 Å². The van der Waals surface area contributed by atoms with Crippen molar-refractivity contribution >= 4 is 16.9 Å². The number of fused-ring (bicyclic) bond motifs is 1. The Morgan fingerprint density at radius 3 is 2.65 bits per heavy atom. The number of nitrogens with zero attached hydrogens (tertiary/aromatic N) is 1. The first kappa shape index (κ1) is 11.4. The van der Waals surface area contributed by atoms with Crippen LogP contribution < -0.4 is 4.74 Å². The van der Waals surface area contributed by atoms with Crippen LogP contribution in [0.3, 0.4) is 0 Å². The summed E-state index contributed by atoms with van der Waals surface area (Å²) in [7, 11) is 2.96. The van der Waals surface area contributed by atoms with Crippen LogP contribution in [-0.2, 0) is 4.74 Å². The first-order valence-corrected chi connectivity index (χ1v) is 5.19. The van der Waals surface area contributed by atoms with Crippen LogP contribution in [0.1, 0.15) is 16.1 Å². The van der Waals surface area contributed by atoms with Crippen LogP contribution in [-0.4, -0.2) is 25.2 Å². The third-order valence-corrected chi connectivity index (χ3v) is 2.55. The Morgan fingerprint density at radius 2 is 2.00 bits per heavy atom. The number of aryl methyl sites for hydroxylation is 1. The minimum Gasteiger partial charge on any atom is -0.497 e. The molecule has 0 amide bonds.